The first-order valence-electron chi connectivity index (χ1n) is 9.58. The van der Waals surface area contributed by atoms with Crippen molar-refractivity contribution in [2.45, 2.75) is 31.7 Å². The summed E-state index contributed by atoms with van der Waals surface area (Å²) >= 11 is 1.50. The van der Waals surface area contributed by atoms with E-state index in [0.29, 0.717) is 17.0 Å². The molecule has 0 N–H and O–H groups in total. The van der Waals surface area contributed by atoms with Gasteiger partial charge in [-0.25, -0.2) is 4.79 Å². The average molecular weight is 419 g/mol. The van der Waals surface area contributed by atoms with Gasteiger partial charge in [0.2, 0.25) is 0 Å². The number of methoxy groups -OCH3 is 1. The van der Waals surface area contributed by atoms with Crippen LogP contribution in [0.25, 0.3) is 16.6 Å². The van der Waals surface area contributed by atoms with Gasteiger partial charge in [-0.3, -0.25) is 9.55 Å². The van der Waals surface area contributed by atoms with Gasteiger partial charge in [0.1, 0.15) is 5.82 Å². The van der Waals surface area contributed by atoms with Crippen molar-refractivity contribution < 1.29 is 9.53 Å². The minimum atomic E-state index is -0.377. The van der Waals surface area contributed by atoms with E-state index in [1.165, 1.54) is 18.9 Å². The van der Waals surface area contributed by atoms with Crippen LogP contribution in [-0.2, 0) is 10.5 Å². The van der Waals surface area contributed by atoms with Crippen LogP contribution < -0.4 is 0 Å². The molecule has 7 heteroatoms. The smallest absolute Gasteiger partial charge is 0.340 e. The van der Waals surface area contributed by atoms with E-state index in [1.54, 1.807) is 0 Å². The summed E-state index contributed by atoms with van der Waals surface area (Å²) < 4.78 is 7.08. The van der Waals surface area contributed by atoms with Gasteiger partial charge in [0.05, 0.1) is 29.6 Å². The highest BCUT2D eigenvalue weighted by atomic mass is 32.2. The van der Waals surface area contributed by atoms with Crippen LogP contribution in [0.2, 0.25) is 0 Å². The molecule has 0 amide bonds. The number of para-hydroxylation sites is 2. The maximum atomic E-state index is 12.5. The summed E-state index contributed by atoms with van der Waals surface area (Å²) in [6.45, 7) is 5.93. The van der Waals surface area contributed by atoms with Crippen LogP contribution in [0.5, 0.6) is 0 Å². The van der Waals surface area contributed by atoms with Crippen LogP contribution in [0.15, 0.2) is 53.7 Å². The van der Waals surface area contributed by atoms with Gasteiger partial charge >= 0.3 is 5.97 Å². The maximum Gasteiger partial charge on any atom is 0.340 e. The normalized spacial score (nSPS) is 11.1. The number of carbonyl (C=O) groups excluding carboxylic acids is 1. The average Bonchev–Trinajstić information content (AvgIpc) is 3.12. The summed E-state index contributed by atoms with van der Waals surface area (Å²) in [6.07, 6.45) is 0. The summed E-state index contributed by atoms with van der Waals surface area (Å²) in [6, 6.07) is 15.9. The third kappa shape index (κ3) is 3.57. The monoisotopic (exact) mass is 418 g/mol. The van der Waals surface area contributed by atoms with Gasteiger partial charge in [0, 0.05) is 11.1 Å². The molecule has 0 atom stereocenters. The van der Waals surface area contributed by atoms with Crippen molar-refractivity contribution in [1.82, 2.24) is 19.7 Å². The number of aromatic nitrogens is 4. The lowest BCUT2D eigenvalue weighted by Gasteiger charge is -2.14. The van der Waals surface area contributed by atoms with Crippen molar-refractivity contribution in [2.75, 3.05) is 7.11 Å². The van der Waals surface area contributed by atoms with Crippen molar-refractivity contribution in [2.24, 2.45) is 0 Å². The Balaban J connectivity index is 1.75. The molecule has 0 fully saturated rings. The van der Waals surface area contributed by atoms with Crippen LogP contribution >= 0.6 is 11.8 Å². The fourth-order valence-corrected chi connectivity index (χ4v) is 4.51. The SMILES string of the molecule is COC(=O)c1c(CSc2nnc(C)n2-c2ccccc2C)nc2ccccc2c1C. The number of pyridine rings is 1. The van der Waals surface area contributed by atoms with E-state index >= 15 is 0 Å². The number of hydrogen-bond donors (Lipinski definition) is 0. The molecule has 2 heterocycles. The molecule has 2 aromatic heterocycles. The van der Waals surface area contributed by atoms with Gasteiger partial charge in [0.15, 0.2) is 5.16 Å². The summed E-state index contributed by atoms with van der Waals surface area (Å²) in [5.41, 5.74) is 5.10. The van der Waals surface area contributed by atoms with Gasteiger partial charge in [0.25, 0.3) is 0 Å². The number of fused-ring (bicyclic) bond motifs is 1. The highest BCUT2D eigenvalue weighted by molar-refractivity contribution is 7.98. The molecule has 30 heavy (non-hydrogen) atoms. The first-order chi connectivity index (χ1) is 14.5. The van der Waals surface area contributed by atoms with E-state index < -0.39 is 0 Å². The predicted molar refractivity (Wildman–Crippen MR) is 118 cm³/mol. The molecule has 152 valence electrons. The highest BCUT2D eigenvalue weighted by Gasteiger charge is 2.21. The fraction of sp³-hybridized carbons (Fsp3) is 0.217. The zero-order valence-corrected chi connectivity index (χ0v) is 18.2. The standard InChI is InChI=1S/C23H22N4O2S/c1-14-9-5-8-12-20(14)27-16(3)25-26-23(27)30-13-19-21(22(28)29-4)15(2)17-10-6-7-11-18(17)24-19/h5-12H,13H2,1-4H3. The Kier molecular flexibility index (Phi) is 5.55. The molecule has 0 saturated heterocycles. The van der Waals surface area contributed by atoms with Crippen LogP contribution in [-0.4, -0.2) is 32.8 Å². The molecule has 4 rings (SSSR count). The van der Waals surface area contributed by atoms with Gasteiger partial charge < -0.3 is 4.74 Å². The summed E-state index contributed by atoms with van der Waals surface area (Å²) in [4.78, 5) is 17.3. The molecule has 0 unspecified atom stereocenters. The summed E-state index contributed by atoms with van der Waals surface area (Å²) in [7, 11) is 1.39. The Morgan fingerprint density at radius 2 is 1.77 bits per heavy atom. The molecule has 0 aliphatic rings. The minimum absolute atomic E-state index is 0.377. The second-order valence-corrected chi connectivity index (χ2v) is 7.95. The Morgan fingerprint density at radius 1 is 1.03 bits per heavy atom. The Morgan fingerprint density at radius 3 is 2.53 bits per heavy atom. The molecular weight excluding hydrogens is 396 g/mol. The molecule has 0 radical (unpaired) electrons. The van der Waals surface area contributed by atoms with E-state index in [4.69, 9.17) is 9.72 Å². The van der Waals surface area contributed by atoms with Crippen molar-refractivity contribution in [3.8, 4) is 5.69 Å². The molecule has 6 nitrogen and oxygen atoms in total. The predicted octanol–water partition coefficient (Wildman–Crippen LogP) is 4.82. The molecule has 0 saturated carbocycles. The molecule has 4 aromatic rings. The Labute approximate surface area is 179 Å². The summed E-state index contributed by atoms with van der Waals surface area (Å²) in [5.74, 6) is 0.903. The van der Waals surface area contributed by atoms with E-state index in [2.05, 4.69) is 23.2 Å². The van der Waals surface area contributed by atoms with Gasteiger partial charge in [-0.15, -0.1) is 10.2 Å². The zero-order valence-electron chi connectivity index (χ0n) is 17.3. The highest BCUT2D eigenvalue weighted by Crippen LogP contribution is 2.30. The quantitative estimate of drug-likeness (QED) is 0.342. The number of hydrogen-bond acceptors (Lipinski definition) is 6. The molecule has 0 aliphatic carbocycles. The number of benzene rings is 2. The number of aryl methyl sites for hydroxylation is 3. The molecular formula is C23H22N4O2S. The zero-order chi connectivity index (χ0) is 21.3. The number of esters is 1. The third-order valence-corrected chi connectivity index (χ3v) is 6.05. The van der Waals surface area contributed by atoms with Crippen LogP contribution in [0, 0.1) is 20.8 Å². The van der Waals surface area contributed by atoms with Crippen LogP contribution in [0.1, 0.15) is 33.0 Å². The number of nitrogens with zero attached hydrogens (tertiary/aromatic N) is 4. The first-order valence-corrected chi connectivity index (χ1v) is 10.6. The van der Waals surface area contributed by atoms with E-state index in [0.717, 1.165) is 38.7 Å². The number of carbonyl (C=O) groups is 1. The summed E-state index contributed by atoms with van der Waals surface area (Å²) in [5, 5.41) is 10.3. The van der Waals surface area contributed by atoms with Gasteiger partial charge in [-0.1, -0.05) is 48.2 Å². The molecule has 0 spiro atoms. The second kappa shape index (κ2) is 8.28. The number of thioether (sulfide) groups is 1. The Bertz CT molecular complexity index is 1250. The lowest BCUT2D eigenvalue weighted by atomic mass is 10.0. The lowest BCUT2D eigenvalue weighted by Crippen LogP contribution is -2.11. The van der Waals surface area contributed by atoms with E-state index in [1.807, 2.05) is 60.9 Å². The van der Waals surface area contributed by atoms with Crippen LogP contribution in [0.3, 0.4) is 0 Å². The van der Waals surface area contributed by atoms with Gasteiger partial charge in [-0.2, -0.15) is 0 Å². The van der Waals surface area contributed by atoms with Crippen molar-refractivity contribution in [1.29, 1.82) is 0 Å². The van der Waals surface area contributed by atoms with Crippen molar-refractivity contribution in [3.05, 3.63) is 76.7 Å². The van der Waals surface area contributed by atoms with E-state index in [9.17, 15) is 4.79 Å². The molecule has 0 bridgehead atoms. The largest absolute Gasteiger partial charge is 0.465 e. The van der Waals surface area contributed by atoms with Crippen molar-refractivity contribution in [3.63, 3.8) is 0 Å². The lowest BCUT2D eigenvalue weighted by molar-refractivity contribution is 0.0598. The maximum absolute atomic E-state index is 12.5. The van der Waals surface area contributed by atoms with Crippen LogP contribution in [0.4, 0.5) is 0 Å². The fourth-order valence-electron chi connectivity index (χ4n) is 3.58. The topological polar surface area (TPSA) is 69.9 Å². The number of ether oxygens (including phenoxy) is 1. The van der Waals surface area contributed by atoms with Gasteiger partial charge in [-0.05, 0) is 44.0 Å². The number of rotatable bonds is 5. The third-order valence-electron chi connectivity index (χ3n) is 5.11. The molecule has 2 aromatic carbocycles. The van der Waals surface area contributed by atoms with Crippen molar-refractivity contribution >= 4 is 28.6 Å². The minimum Gasteiger partial charge on any atom is -0.465 e. The van der Waals surface area contributed by atoms with E-state index in [-0.39, 0.29) is 5.97 Å². The molecule has 0 aliphatic heterocycles. The Hall–Kier alpha value is -3.19. The first kappa shape index (κ1) is 20.1. The second-order valence-electron chi connectivity index (χ2n) is 7.01.